The molecule has 0 spiro atoms. The first-order valence-corrected chi connectivity index (χ1v) is 11.2. The average molecular weight is 452 g/mol. The van der Waals surface area contributed by atoms with Crippen molar-refractivity contribution in [3.8, 4) is 17.7 Å². The molecular weight excluding hydrogens is 418 g/mol. The fourth-order valence-electron chi connectivity index (χ4n) is 3.87. The number of hydrogen-bond acceptors (Lipinski definition) is 6. The standard InChI is InChI=1S/C26H33N3O4/c1-19-15-29(20(2)18-30)26(31)23-13-22(11-8-12-32-4)14-27-25(23)33-24(19)17-28(3)16-21-9-6-5-7-10-21/h5-7,9-10,13-14,19-20,24,30H,12,15-18H2,1-4H3/t19-,20+,24-/m1/s1. The number of fused-ring (bicyclic) bond motifs is 1. The first kappa shape index (κ1) is 24.7. The molecule has 0 aliphatic carbocycles. The molecule has 7 heteroatoms. The van der Waals surface area contributed by atoms with Gasteiger partial charge in [-0.2, -0.15) is 0 Å². The van der Waals surface area contributed by atoms with E-state index in [1.807, 2.05) is 25.1 Å². The largest absolute Gasteiger partial charge is 0.472 e. The quantitative estimate of drug-likeness (QED) is 0.652. The maximum atomic E-state index is 13.4. The minimum Gasteiger partial charge on any atom is -0.472 e. The maximum Gasteiger partial charge on any atom is 0.259 e. The van der Waals surface area contributed by atoms with Crippen LogP contribution in [0.15, 0.2) is 42.6 Å². The molecule has 0 saturated heterocycles. The molecule has 0 unspecified atom stereocenters. The second kappa shape index (κ2) is 11.8. The molecule has 1 N–H and O–H groups in total. The van der Waals surface area contributed by atoms with Crippen molar-refractivity contribution >= 4 is 5.91 Å². The van der Waals surface area contributed by atoms with Gasteiger partial charge in [-0.3, -0.25) is 9.69 Å². The molecule has 176 valence electrons. The number of aliphatic hydroxyl groups is 1. The molecule has 3 atom stereocenters. The molecule has 1 aromatic heterocycles. The summed E-state index contributed by atoms with van der Waals surface area (Å²) in [4.78, 5) is 21.8. The molecule has 3 rings (SSSR count). The Morgan fingerprint density at radius 1 is 1.36 bits per heavy atom. The summed E-state index contributed by atoms with van der Waals surface area (Å²) < 4.78 is 11.3. The molecule has 0 saturated carbocycles. The third-order valence-electron chi connectivity index (χ3n) is 5.76. The van der Waals surface area contributed by atoms with Crippen LogP contribution in [-0.4, -0.2) is 78.4 Å². The van der Waals surface area contributed by atoms with Crippen molar-refractivity contribution in [3.63, 3.8) is 0 Å². The molecule has 1 aliphatic heterocycles. The van der Waals surface area contributed by atoms with Crippen LogP contribution in [0.1, 0.15) is 35.3 Å². The lowest BCUT2D eigenvalue weighted by atomic mass is 9.99. The summed E-state index contributed by atoms with van der Waals surface area (Å²) in [7, 11) is 3.64. The van der Waals surface area contributed by atoms with E-state index in [1.165, 1.54) is 5.56 Å². The van der Waals surface area contributed by atoms with Gasteiger partial charge in [0.2, 0.25) is 5.88 Å². The number of aromatic nitrogens is 1. The van der Waals surface area contributed by atoms with Crippen LogP contribution in [0.3, 0.4) is 0 Å². The number of amides is 1. The van der Waals surface area contributed by atoms with Crippen LogP contribution < -0.4 is 4.74 Å². The van der Waals surface area contributed by atoms with Gasteiger partial charge in [-0.15, -0.1) is 0 Å². The van der Waals surface area contributed by atoms with Crippen molar-refractivity contribution in [2.75, 3.05) is 40.5 Å². The van der Waals surface area contributed by atoms with Crippen molar-refractivity contribution in [1.82, 2.24) is 14.8 Å². The highest BCUT2D eigenvalue weighted by molar-refractivity contribution is 5.97. The SMILES string of the molecule is COCC#Cc1cnc2c(c1)C(=O)N([C@@H](C)CO)C[C@@H](C)[C@@H](CN(C)Cc1ccccc1)O2. The predicted octanol–water partition coefficient (Wildman–Crippen LogP) is 2.43. The van der Waals surface area contributed by atoms with Gasteiger partial charge in [0.25, 0.3) is 5.91 Å². The van der Waals surface area contributed by atoms with Crippen LogP contribution in [-0.2, 0) is 11.3 Å². The summed E-state index contributed by atoms with van der Waals surface area (Å²) in [5, 5.41) is 9.79. The molecule has 7 nitrogen and oxygen atoms in total. The van der Waals surface area contributed by atoms with Crippen LogP contribution in [0.25, 0.3) is 0 Å². The van der Waals surface area contributed by atoms with Crippen LogP contribution >= 0.6 is 0 Å². The minimum absolute atomic E-state index is 0.0392. The lowest BCUT2D eigenvalue weighted by Gasteiger charge is -2.37. The van der Waals surface area contributed by atoms with Crippen LogP contribution in [0, 0.1) is 17.8 Å². The second-order valence-electron chi connectivity index (χ2n) is 8.62. The molecule has 33 heavy (non-hydrogen) atoms. The van der Waals surface area contributed by atoms with E-state index in [0.29, 0.717) is 36.7 Å². The molecule has 0 bridgehead atoms. The fraction of sp³-hybridized carbons (Fsp3) is 0.462. The molecule has 0 fully saturated rings. The van der Waals surface area contributed by atoms with E-state index in [0.717, 1.165) is 6.54 Å². The van der Waals surface area contributed by atoms with E-state index in [2.05, 4.69) is 47.8 Å². The van der Waals surface area contributed by atoms with Gasteiger partial charge >= 0.3 is 0 Å². The highest BCUT2D eigenvalue weighted by atomic mass is 16.5. The van der Waals surface area contributed by atoms with Gasteiger partial charge in [-0.05, 0) is 25.6 Å². The Kier molecular flexibility index (Phi) is 8.84. The van der Waals surface area contributed by atoms with Gasteiger partial charge in [-0.1, -0.05) is 49.1 Å². The summed E-state index contributed by atoms with van der Waals surface area (Å²) in [5.74, 6) is 5.99. The van der Waals surface area contributed by atoms with Gasteiger partial charge in [0.15, 0.2) is 0 Å². The topological polar surface area (TPSA) is 75.1 Å². The van der Waals surface area contributed by atoms with Crippen molar-refractivity contribution in [3.05, 3.63) is 59.3 Å². The van der Waals surface area contributed by atoms with Crippen LogP contribution in [0.4, 0.5) is 0 Å². The van der Waals surface area contributed by atoms with Crippen molar-refractivity contribution in [2.45, 2.75) is 32.5 Å². The van der Waals surface area contributed by atoms with E-state index in [-0.39, 0.29) is 30.6 Å². The van der Waals surface area contributed by atoms with Gasteiger partial charge in [-0.25, -0.2) is 4.98 Å². The first-order chi connectivity index (χ1) is 15.9. The number of carbonyl (C=O) groups is 1. The summed E-state index contributed by atoms with van der Waals surface area (Å²) >= 11 is 0. The Morgan fingerprint density at radius 2 is 2.12 bits per heavy atom. The highest BCUT2D eigenvalue weighted by Gasteiger charge is 2.34. The Labute approximate surface area is 196 Å². The lowest BCUT2D eigenvalue weighted by Crippen LogP contribution is -2.49. The molecule has 2 heterocycles. The van der Waals surface area contributed by atoms with Crippen molar-refractivity contribution in [2.24, 2.45) is 5.92 Å². The molecule has 1 aliphatic rings. The van der Waals surface area contributed by atoms with Gasteiger partial charge in [0, 0.05) is 44.4 Å². The van der Waals surface area contributed by atoms with E-state index in [9.17, 15) is 9.90 Å². The molecule has 2 aromatic rings. The van der Waals surface area contributed by atoms with E-state index < -0.39 is 0 Å². The number of rotatable bonds is 7. The predicted molar refractivity (Wildman–Crippen MR) is 127 cm³/mol. The number of pyridine rings is 1. The summed E-state index contributed by atoms with van der Waals surface area (Å²) in [5.41, 5.74) is 2.20. The third kappa shape index (κ3) is 6.55. The van der Waals surface area contributed by atoms with Crippen molar-refractivity contribution in [1.29, 1.82) is 0 Å². The summed E-state index contributed by atoms with van der Waals surface area (Å²) in [6, 6.07) is 11.7. The molecular formula is C26H33N3O4. The highest BCUT2D eigenvalue weighted by Crippen LogP contribution is 2.27. The van der Waals surface area contributed by atoms with Gasteiger partial charge in [0.1, 0.15) is 18.3 Å². The Balaban J connectivity index is 1.89. The molecule has 1 aromatic carbocycles. The van der Waals surface area contributed by atoms with Gasteiger partial charge in [0.05, 0.1) is 12.6 Å². The van der Waals surface area contributed by atoms with E-state index in [1.54, 1.807) is 24.3 Å². The number of hydrogen-bond donors (Lipinski definition) is 1. The smallest absolute Gasteiger partial charge is 0.259 e. The van der Waals surface area contributed by atoms with Crippen LogP contribution in [0.2, 0.25) is 0 Å². The average Bonchev–Trinajstić information content (AvgIpc) is 2.82. The normalized spacial score (nSPS) is 19.1. The van der Waals surface area contributed by atoms with E-state index in [4.69, 9.17) is 9.47 Å². The van der Waals surface area contributed by atoms with Crippen LogP contribution in [0.5, 0.6) is 5.88 Å². The fourth-order valence-corrected chi connectivity index (χ4v) is 3.87. The molecule has 1 amide bonds. The number of ether oxygens (including phenoxy) is 2. The lowest BCUT2D eigenvalue weighted by molar-refractivity contribution is 0.0325. The number of likely N-dealkylation sites (N-methyl/N-ethyl adjacent to an activating group) is 1. The molecule has 0 radical (unpaired) electrons. The van der Waals surface area contributed by atoms with Gasteiger partial charge < -0.3 is 19.5 Å². The Morgan fingerprint density at radius 3 is 2.82 bits per heavy atom. The Hall–Kier alpha value is -2.92. The number of benzene rings is 1. The second-order valence-corrected chi connectivity index (χ2v) is 8.62. The zero-order valence-corrected chi connectivity index (χ0v) is 19.8. The number of nitrogens with zero attached hydrogens (tertiary/aromatic N) is 3. The number of carbonyl (C=O) groups excluding carboxylic acids is 1. The monoisotopic (exact) mass is 451 g/mol. The number of aliphatic hydroxyl groups excluding tert-OH is 1. The van der Waals surface area contributed by atoms with Crippen molar-refractivity contribution < 1.29 is 19.4 Å². The minimum atomic E-state index is -0.322. The zero-order valence-electron chi connectivity index (χ0n) is 19.8. The zero-order chi connectivity index (χ0) is 23.8. The number of methoxy groups -OCH3 is 1. The third-order valence-corrected chi connectivity index (χ3v) is 5.76. The summed E-state index contributed by atoms with van der Waals surface area (Å²) in [6.07, 6.45) is 1.43. The van der Waals surface area contributed by atoms with E-state index >= 15 is 0 Å². The first-order valence-electron chi connectivity index (χ1n) is 11.2. The maximum absolute atomic E-state index is 13.4. The summed E-state index contributed by atoms with van der Waals surface area (Å²) in [6.45, 7) is 6.03. The Bertz CT molecular complexity index is 986.